The van der Waals surface area contributed by atoms with E-state index < -0.39 is 24.3 Å². The number of carboxylic acid groups (broad SMARTS) is 2. The fraction of sp³-hybridized carbons (Fsp3) is 0.0833. The fourth-order valence-corrected chi connectivity index (χ4v) is 2.42. The molecule has 21 heavy (non-hydrogen) atoms. The number of aliphatic carboxylic acids is 1. The molecule has 2 aromatic rings. The molecule has 0 radical (unpaired) electrons. The minimum atomic E-state index is -1.62. The standard InChI is InChI=1S/C12H8Cl2N2O5/c13-4-1-5(14)8-6(2-4)16-10(12(20)21)9(8)15-3-7(17)11(18)19/h1-2,15-16H,3H2,(H,18,19)(H,20,21). The SMILES string of the molecule is O=C(O)C(=O)CNc1c(C(=O)O)[nH]c2cc(Cl)cc(Cl)c12. The van der Waals surface area contributed by atoms with Crippen molar-refractivity contribution in [1.82, 2.24) is 4.98 Å². The molecule has 0 fully saturated rings. The van der Waals surface area contributed by atoms with Crippen molar-refractivity contribution in [2.24, 2.45) is 0 Å². The van der Waals surface area contributed by atoms with Crippen LogP contribution in [0.4, 0.5) is 5.69 Å². The van der Waals surface area contributed by atoms with Gasteiger partial charge in [0.25, 0.3) is 5.78 Å². The van der Waals surface area contributed by atoms with Crippen LogP contribution in [0.5, 0.6) is 0 Å². The number of anilines is 1. The Kier molecular flexibility index (Phi) is 4.06. The Labute approximate surface area is 127 Å². The highest BCUT2D eigenvalue weighted by Crippen LogP contribution is 2.35. The van der Waals surface area contributed by atoms with Gasteiger partial charge in [0.1, 0.15) is 5.69 Å². The van der Waals surface area contributed by atoms with Crippen LogP contribution in [0, 0.1) is 0 Å². The molecule has 2 rings (SSSR count). The number of carbonyl (C=O) groups is 3. The number of nitrogens with one attached hydrogen (secondary N) is 2. The number of Topliss-reactive ketones (excluding diaryl/α,β-unsaturated/α-hetero) is 1. The van der Waals surface area contributed by atoms with Gasteiger partial charge in [-0.3, -0.25) is 4.79 Å². The van der Waals surface area contributed by atoms with Gasteiger partial charge in [-0.25, -0.2) is 9.59 Å². The maximum atomic E-state index is 11.2. The van der Waals surface area contributed by atoms with Gasteiger partial charge in [-0.05, 0) is 12.1 Å². The summed E-state index contributed by atoms with van der Waals surface area (Å²) in [7, 11) is 0. The van der Waals surface area contributed by atoms with Crippen molar-refractivity contribution in [2.75, 3.05) is 11.9 Å². The van der Waals surface area contributed by atoms with Crippen molar-refractivity contribution in [1.29, 1.82) is 0 Å². The van der Waals surface area contributed by atoms with Crippen LogP contribution in [-0.2, 0) is 9.59 Å². The summed E-state index contributed by atoms with van der Waals surface area (Å²) in [5, 5.41) is 21.0. The van der Waals surface area contributed by atoms with Crippen molar-refractivity contribution in [3.05, 3.63) is 27.9 Å². The van der Waals surface area contributed by atoms with E-state index in [0.717, 1.165) is 0 Å². The van der Waals surface area contributed by atoms with Crippen LogP contribution in [0.3, 0.4) is 0 Å². The molecule has 0 saturated heterocycles. The molecule has 110 valence electrons. The lowest BCUT2D eigenvalue weighted by molar-refractivity contribution is -0.148. The van der Waals surface area contributed by atoms with Gasteiger partial charge in [-0.2, -0.15) is 0 Å². The first-order chi connectivity index (χ1) is 9.81. The summed E-state index contributed by atoms with van der Waals surface area (Å²) in [5.41, 5.74) is 0.149. The molecule has 1 heterocycles. The Bertz CT molecular complexity index is 769. The van der Waals surface area contributed by atoms with Crippen molar-refractivity contribution < 1.29 is 24.6 Å². The number of rotatable bonds is 5. The van der Waals surface area contributed by atoms with E-state index in [0.29, 0.717) is 15.9 Å². The van der Waals surface area contributed by atoms with Gasteiger partial charge in [0.05, 0.1) is 22.8 Å². The molecule has 0 spiro atoms. The average Bonchev–Trinajstić information content (AvgIpc) is 2.74. The molecule has 0 unspecified atom stereocenters. The van der Waals surface area contributed by atoms with Gasteiger partial charge >= 0.3 is 11.9 Å². The van der Waals surface area contributed by atoms with E-state index in [1.807, 2.05) is 0 Å². The Hall–Kier alpha value is -2.25. The highest BCUT2D eigenvalue weighted by Gasteiger charge is 2.21. The summed E-state index contributed by atoms with van der Waals surface area (Å²) in [6.45, 7) is -0.568. The number of aromatic carboxylic acids is 1. The van der Waals surface area contributed by atoms with Crippen LogP contribution in [0.2, 0.25) is 10.0 Å². The van der Waals surface area contributed by atoms with Gasteiger partial charge in [0, 0.05) is 10.4 Å². The molecular formula is C12H8Cl2N2O5. The van der Waals surface area contributed by atoms with E-state index in [1.54, 1.807) is 0 Å². The third kappa shape index (κ3) is 2.93. The summed E-state index contributed by atoms with van der Waals surface area (Å²) in [6.07, 6.45) is 0. The second-order valence-corrected chi connectivity index (χ2v) is 4.92. The number of H-pyrrole nitrogens is 1. The summed E-state index contributed by atoms with van der Waals surface area (Å²) >= 11 is 11.9. The first-order valence-electron chi connectivity index (χ1n) is 5.55. The third-order valence-corrected chi connectivity index (χ3v) is 3.21. The normalized spacial score (nSPS) is 10.6. The number of benzene rings is 1. The number of aromatic amines is 1. The summed E-state index contributed by atoms with van der Waals surface area (Å²) in [5.74, 6) is -4.01. The molecular weight excluding hydrogens is 323 g/mol. The van der Waals surface area contributed by atoms with Gasteiger partial charge in [-0.1, -0.05) is 23.2 Å². The minimum absolute atomic E-state index is 0.0359. The molecule has 1 aromatic carbocycles. The zero-order valence-electron chi connectivity index (χ0n) is 10.2. The quantitative estimate of drug-likeness (QED) is 0.624. The Morgan fingerprint density at radius 1 is 1.19 bits per heavy atom. The maximum Gasteiger partial charge on any atom is 0.374 e. The molecule has 0 saturated carbocycles. The van der Waals surface area contributed by atoms with Crippen LogP contribution in [0.25, 0.3) is 10.9 Å². The molecule has 0 atom stereocenters. The number of carbonyl (C=O) groups excluding carboxylic acids is 1. The minimum Gasteiger partial charge on any atom is -0.477 e. The number of halogens is 2. The summed E-state index contributed by atoms with van der Waals surface area (Å²) < 4.78 is 0. The molecule has 0 bridgehead atoms. The van der Waals surface area contributed by atoms with Crippen LogP contribution >= 0.6 is 23.2 Å². The van der Waals surface area contributed by atoms with Gasteiger partial charge in [0.2, 0.25) is 0 Å². The second-order valence-electron chi connectivity index (χ2n) is 4.07. The van der Waals surface area contributed by atoms with Crippen molar-refractivity contribution >= 4 is 57.5 Å². The smallest absolute Gasteiger partial charge is 0.374 e. The van der Waals surface area contributed by atoms with Crippen LogP contribution in [0.1, 0.15) is 10.5 Å². The molecule has 0 aliphatic carbocycles. The number of carboxylic acids is 2. The number of hydrogen-bond acceptors (Lipinski definition) is 4. The number of ketones is 1. The lowest BCUT2D eigenvalue weighted by Gasteiger charge is -2.05. The molecule has 0 aliphatic heterocycles. The number of hydrogen-bond donors (Lipinski definition) is 4. The van der Waals surface area contributed by atoms with Crippen molar-refractivity contribution in [3.8, 4) is 0 Å². The highest BCUT2D eigenvalue weighted by molar-refractivity contribution is 6.40. The van der Waals surface area contributed by atoms with Crippen LogP contribution < -0.4 is 5.32 Å². The highest BCUT2D eigenvalue weighted by atomic mass is 35.5. The second kappa shape index (κ2) is 5.63. The predicted octanol–water partition coefficient (Wildman–Crippen LogP) is 2.24. The Morgan fingerprint density at radius 3 is 2.43 bits per heavy atom. The largest absolute Gasteiger partial charge is 0.477 e. The van der Waals surface area contributed by atoms with Gasteiger partial charge < -0.3 is 20.5 Å². The molecule has 0 aliphatic rings. The lowest BCUT2D eigenvalue weighted by atomic mass is 10.2. The zero-order chi connectivity index (χ0) is 15.7. The lowest BCUT2D eigenvalue weighted by Crippen LogP contribution is -2.22. The fourth-order valence-electron chi connectivity index (χ4n) is 1.83. The monoisotopic (exact) mass is 330 g/mol. The summed E-state index contributed by atoms with van der Waals surface area (Å²) in [6, 6.07) is 2.88. The third-order valence-electron chi connectivity index (χ3n) is 2.69. The van der Waals surface area contributed by atoms with Gasteiger partial charge in [-0.15, -0.1) is 0 Å². The van der Waals surface area contributed by atoms with Crippen LogP contribution in [0.15, 0.2) is 12.1 Å². The van der Waals surface area contributed by atoms with E-state index in [4.69, 9.17) is 33.4 Å². The van der Waals surface area contributed by atoms with E-state index in [-0.39, 0.29) is 16.4 Å². The van der Waals surface area contributed by atoms with E-state index in [1.165, 1.54) is 12.1 Å². The topological polar surface area (TPSA) is 119 Å². The first-order valence-corrected chi connectivity index (χ1v) is 6.31. The van der Waals surface area contributed by atoms with Crippen LogP contribution in [-0.4, -0.2) is 39.5 Å². The summed E-state index contributed by atoms with van der Waals surface area (Å²) in [4.78, 5) is 35.4. The predicted molar refractivity (Wildman–Crippen MR) is 76.4 cm³/mol. The van der Waals surface area contributed by atoms with E-state index >= 15 is 0 Å². The first kappa shape index (κ1) is 15.1. The van der Waals surface area contributed by atoms with Crippen molar-refractivity contribution in [2.45, 2.75) is 0 Å². The average molecular weight is 331 g/mol. The molecule has 7 nitrogen and oxygen atoms in total. The van der Waals surface area contributed by atoms with Gasteiger partial charge in [0.15, 0.2) is 0 Å². The van der Waals surface area contributed by atoms with Crippen molar-refractivity contribution in [3.63, 3.8) is 0 Å². The Balaban J connectivity index is 2.53. The molecule has 9 heteroatoms. The maximum absolute atomic E-state index is 11.2. The number of aromatic nitrogens is 1. The van der Waals surface area contributed by atoms with E-state index in [2.05, 4.69) is 10.3 Å². The molecule has 1 aromatic heterocycles. The van der Waals surface area contributed by atoms with E-state index in [9.17, 15) is 14.4 Å². The molecule has 4 N–H and O–H groups in total. The number of fused-ring (bicyclic) bond motifs is 1. The Morgan fingerprint density at radius 2 is 1.86 bits per heavy atom. The molecule has 0 amide bonds. The zero-order valence-corrected chi connectivity index (χ0v) is 11.7.